The molecular formula is C26H25NO4. The molecular weight excluding hydrogens is 390 g/mol. The Balaban J connectivity index is 1.34. The Kier molecular flexibility index (Phi) is 6.62. The van der Waals surface area contributed by atoms with Gasteiger partial charge in [-0.2, -0.15) is 0 Å². The Bertz CT molecular complexity index is 1000. The van der Waals surface area contributed by atoms with Crippen molar-refractivity contribution in [1.82, 2.24) is 4.90 Å². The molecule has 1 unspecified atom stereocenters. The molecule has 3 aromatic rings. The highest BCUT2D eigenvalue weighted by atomic mass is 16.6. The Morgan fingerprint density at radius 1 is 0.806 bits per heavy atom. The first kappa shape index (κ1) is 20.7. The van der Waals surface area contributed by atoms with Crippen molar-refractivity contribution in [2.24, 2.45) is 0 Å². The molecule has 0 bridgehead atoms. The fraction of sp³-hybridized carbons (Fsp3) is 0.231. The van der Waals surface area contributed by atoms with E-state index >= 15 is 0 Å². The molecule has 1 aliphatic heterocycles. The van der Waals surface area contributed by atoms with Crippen molar-refractivity contribution < 1.29 is 19.1 Å². The van der Waals surface area contributed by atoms with Crippen LogP contribution in [-0.4, -0.2) is 29.4 Å². The predicted molar refractivity (Wildman–Crippen MR) is 118 cm³/mol. The van der Waals surface area contributed by atoms with E-state index in [9.17, 15) is 9.59 Å². The van der Waals surface area contributed by atoms with Crippen molar-refractivity contribution in [3.05, 3.63) is 102 Å². The maximum Gasteiger partial charge on any atom is 0.410 e. The van der Waals surface area contributed by atoms with E-state index in [2.05, 4.69) is 0 Å². The van der Waals surface area contributed by atoms with Crippen LogP contribution in [0.1, 0.15) is 34.3 Å². The van der Waals surface area contributed by atoms with E-state index in [4.69, 9.17) is 9.47 Å². The molecule has 31 heavy (non-hydrogen) atoms. The van der Waals surface area contributed by atoms with Gasteiger partial charge in [-0.3, -0.25) is 9.69 Å². The molecule has 1 fully saturated rings. The van der Waals surface area contributed by atoms with Crippen LogP contribution in [0.25, 0.3) is 0 Å². The zero-order valence-electron chi connectivity index (χ0n) is 17.3. The van der Waals surface area contributed by atoms with Crippen molar-refractivity contribution in [2.45, 2.75) is 32.1 Å². The number of amides is 1. The third-order valence-corrected chi connectivity index (χ3v) is 5.38. The number of likely N-dealkylation sites (tertiary alicyclic amines) is 1. The third kappa shape index (κ3) is 5.31. The zero-order valence-corrected chi connectivity index (χ0v) is 17.3. The second kappa shape index (κ2) is 9.94. The number of ether oxygens (including phenoxy) is 2. The van der Waals surface area contributed by atoms with Gasteiger partial charge in [0.2, 0.25) is 0 Å². The van der Waals surface area contributed by atoms with E-state index < -0.39 is 12.1 Å². The van der Waals surface area contributed by atoms with Gasteiger partial charge < -0.3 is 9.47 Å². The van der Waals surface area contributed by atoms with Crippen molar-refractivity contribution in [1.29, 1.82) is 0 Å². The van der Waals surface area contributed by atoms with Crippen LogP contribution in [0.15, 0.2) is 84.9 Å². The summed E-state index contributed by atoms with van der Waals surface area (Å²) in [5.41, 5.74) is 2.57. The molecule has 0 aromatic heterocycles. The molecule has 5 nitrogen and oxygen atoms in total. The summed E-state index contributed by atoms with van der Waals surface area (Å²) in [6, 6.07) is 26.1. The average molecular weight is 415 g/mol. The van der Waals surface area contributed by atoms with E-state index in [1.807, 2.05) is 60.7 Å². The second-order valence-corrected chi connectivity index (χ2v) is 7.55. The minimum Gasteiger partial charge on any atom is -0.489 e. The number of benzene rings is 3. The quantitative estimate of drug-likeness (QED) is 0.495. The van der Waals surface area contributed by atoms with E-state index in [1.54, 1.807) is 29.2 Å². The second-order valence-electron chi connectivity index (χ2n) is 7.55. The molecule has 1 atom stereocenters. The maximum atomic E-state index is 13.0. The molecule has 0 N–H and O–H groups in total. The predicted octanol–water partition coefficient (Wildman–Crippen LogP) is 5.25. The fourth-order valence-electron chi connectivity index (χ4n) is 3.71. The van der Waals surface area contributed by atoms with E-state index in [0.717, 1.165) is 17.5 Å². The van der Waals surface area contributed by atoms with E-state index in [-0.39, 0.29) is 12.4 Å². The Morgan fingerprint density at radius 3 is 2.06 bits per heavy atom. The molecule has 3 aromatic carbocycles. The van der Waals surface area contributed by atoms with E-state index in [0.29, 0.717) is 30.9 Å². The fourth-order valence-corrected chi connectivity index (χ4v) is 3.71. The number of carbonyl (C=O) groups is 2. The first-order chi connectivity index (χ1) is 15.2. The summed E-state index contributed by atoms with van der Waals surface area (Å²) in [5.74, 6) is 0.634. The Hall–Kier alpha value is -3.60. The number of hydrogen-bond donors (Lipinski definition) is 0. The van der Waals surface area contributed by atoms with Gasteiger partial charge in [-0.1, -0.05) is 60.7 Å². The van der Waals surface area contributed by atoms with Gasteiger partial charge in [0.25, 0.3) is 0 Å². The first-order valence-corrected chi connectivity index (χ1v) is 10.5. The third-order valence-electron chi connectivity index (χ3n) is 5.38. The van der Waals surface area contributed by atoms with Crippen LogP contribution in [0, 0.1) is 0 Å². The number of nitrogens with zero attached hydrogens (tertiary/aromatic N) is 1. The normalized spacial score (nSPS) is 15.5. The monoisotopic (exact) mass is 415 g/mol. The van der Waals surface area contributed by atoms with Crippen LogP contribution in [0.4, 0.5) is 4.79 Å². The lowest BCUT2D eigenvalue weighted by Crippen LogP contribution is -2.40. The highest BCUT2D eigenvalue weighted by molar-refractivity contribution is 6.01. The lowest BCUT2D eigenvalue weighted by Gasteiger charge is -2.23. The minimum absolute atomic E-state index is 0.0660. The summed E-state index contributed by atoms with van der Waals surface area (Å²) in [6.45, 7) is 1.20. The highest BCUT2D eigenvalue weighted by Gasteiger charge is 2.35. The maximum absolute atomic E-state index is 13.0. The van der Waals surface area contributed by atoms with Crippen LogP contribution in [-0.2, 0) is 18.0 Å². The molecule has 5 heteroatoms. The lowest BCUT2D eigenvalue weighted by molar-refractivity contribution is 0.0738. The highest BCUT2D eigenvalue weighted by Crippen LogP contribution is 2.24. The summed E-state index contributed by atoms with van der Waals surface area (Å²) in [7, 11) is 0. The van der Waals surface area contributed by atoms with Crippen LogP contribution in [0.2, 0.25) is 0 Å². The van der Waals surface area contributed by atoms with Gasteiger partial charge in [-0.05, 0) is 48.2 Å². The molecule has 4 rings (SSSR count). The largest absolute Gasteiger partial charge is 0.489 e. The van der Waals surface area contributed by atoms with Gasteiger partial charge in [0.1, 0.15) is 19.0 Å². The SMILES string of the molecule is O=C(c1ccc(OCc2ccccc2)cc1)C1CCCN1C(=O)OCc1ccccc1. The van der Waals surface area contributed by atoms with Gasteiger partial charge in [0.05, 0.1) is 6.04 Å². The standard InChI is InChI=1S/C26H25NO4/c28-25(22-13-15-23(16-14-22)30-18-20-8-3-1-4-9-20)24-12-7-17-27(24)26(29)31-19-21-10-5-2-6-11-21/h1-6,8-11,13-16,24H,7,12,17-19H2. The summed E-state index contributed by atoms with van der Waals surface area (Å²) < 4.78 is 11.2. The molecule has 1 amide bonds. The number of carbonyl (C=O) groups excluding carboxylic acids is 2. The smallest absolute Gasteiger partial charge is 0.410 e. The number of hydrogen-bond acceptors (Lipinski definition) is 4. The van der Waals surface area contributed by atoms with Gasteiger partial charge in [0.15, 0.2) is 5.78 Å². The summed E-state index contributed by atoms with van der Waals surface area (Å²) >= 11 is 0. The molecule has 1 aliphatic rings. The number of ketones is 1. The summed E-state index contributed by atoms with van der Waals surface area (Å²) in [4.78, 5) is 27.2. The lowest BCUT2D eigenvalue weighted by atomic mass is 10.0. The van der Waals surface area contributed by atoms with Gasteiger partial charge in [-0.25, -0.2) is 4.79 Å². The minimum atomic E-state index is -0.487. The molecule has 0 spiro atoms. The van der Waals surface area contributed by atoms with Crippen LogP contribution in [0.3, 0.4) is 0 Å². The first-order valence-electron chi connectivity index (χ1n) is 10.5. The van der Waals surface area contributed by atoms with Crippen molar-refractivity contribution in [2.75, 3.05) is 6.54 Å². The molecule has 1 heterocycles. The van der Waals surface area contributed by atoms with E-state index in [1.165, 1.54) is 0 Å². The average Bonchev–Trinajstić information content (AvgIpc) is 3.32. The zero-order chi connectivity index (χ0) is 21.5. The Labute approximate surface area is 182 Å². The number of Topliss-reactive ketones (excluding diaryl/α,β-unsaturated/α-hetero) is 1. The van der Waals surface area contributed by atoms with Crippen molar-refractivity contribution >= 4 is 11.9 Å². The van der Waals surface area contributed by atoms with Crippen molar-refractivity contribution in [3.8, 4) is 5.75 Å². The summed E-state index contributed by atoms with van der Waals surface area (Å²) in [5, 5.41) is 0. The van der Waals surface area contributed by atoms with Crippen LogP contribution in [0.5, 0.6) is 5.75 Å². The summed E-state index contributed by atoms with van der Waals surface area (Å²) in [6.07, 6.45) is 0.989. The number of rotatable bonds is 7. The van der Waals surface area contributed by atoms with Gasteiger partial charge >= 0.3 is 6.09 Å². The van der Waals surface area contributed by atoms with Crippen molar-refractivity contribution in [3.63, 3.8) is 0 Å². The molecule has 0 saturated carbocycles. The van der Waals surface area contributed by atoms with Crippen LogP contribution < -0.4 is 4.74 Å². The topological polar surface area (TPSA) is 55.8 Å². The molecule has 158 valence electrons. The Morgan fingerprint density at radius 2 is 1.42 bits per heavy atom. The van der Waals surface area contributed by atoms with Crippen LogP contribution >= 0.6 is 0 Å². The van der Waals surface area contributed by atoms with Gasteiger partial charge in [0, 0.05) is 12.1 Å². The van der Waals surface area contributed by atoms with Gasteiger partial charge in [-0.15, -0.1) is 0 Å². The molecule has 1 saturated heterocycles. The molecule has 0 radical (unpaired) electrons. The molecule has 0 aliphatic carbocycles.